The highest BCUT2D eigenvalue weighted by molar-refractivity contribution is 6.33. The van der Waals surface area contributed by atoms with Crippen molar-refractivity contribution in [3.8, 4) is 0 Å². The Hall–Kier alpha value is -1.79. The number of hydrogen-bond acceptors (Lipinski definition) is 3. The van der Waals surface area contributed by atoms with Crippen LogP contribution >= 0.6 is 11.6 Å². The maximum absolute atomic E-state index is 12.3. The first-order valence-corrected chi connectivity index (χ1v) is 7.09. The van der Waals surface area contributed by atoms with Gasteiger partial charge in [0.1, 0.15) is 0 Å². The van der Waals surface area contributed by atoms with Gasteiger partial charge in [0.05, 0.1) is 29.8 Å². The number of aromatic carboxylic acids is 1. The van der Waals surface area contributed by atoms with Crippen LogP contribution in [0.25, 0.3) is 0 Å². The van der Waals surface area contributed by atoms with E-state index in [1.54, 1.807) is 11.0 Å². The number of rotatable bonds is 3. The van der Waals surface area contributed by atoms with Gasteiger partial charge >= 0.3 is 12.0 Å². The molecule has 1 aromatic rings. The molecular formula is C14H17ClN2O4. The molecule has 21 heavy (non-hydrogen) atoms. The monoisotopic (exact) mass is 312 g/mol. The van der Waals surface area contributed by atoms with Crippen molar-refractivity contribution in [3.63, 3.8) is 0 Å². The number of anilines is 1. The quantitative estimate of drug-likeness (QED) is 0.899. The SMILES string of the molecule is CCC1COCCN1C(=O)Nc1ccc(Cl)c(C(=O)O)c1. The van der Waals surface area contributed by atoms with E-state index in [9.17, 15) is 9.59 Å². The zero-order valence-electron chi connectivity index (χ0n) is 11.6. The normalized spacial score (nSPS) is 18.4. The Morgan fingerprint density at radius 1 is 1.52 bits per heavy atom. The second-order valence-corrected chi connectivity index (χ2v) is 5.17. The smallest absolute Gasteiger partial charge is 0.337 e. The van der Waals surface area contributed by atoms with Crippen LogP contribution < -0.4 is 5.32 Å². The number of amides is 2. The van der Waals surface area contributed by atoms with Crippen molar-refractivity contribution in [1.82, 2.24) is 4.90 Å². The number of morpholine rings is 1. The van der Waals surface area contributed by atoms with Gasteiger partial charge in [-0.3, -0.25) is 0 Å². The zero-order valence-corrected chi connectivity index (χ0v) is 12.4. The van der Waals surface area contributed by atoms with Gasteiger partial charge in [-0.15, -0.1) is 0 Å². The van der Waals surface area contributed by atoms with Crippen molar-refractivity contribution >= 4 is 29.3 Å². The Morgan fingerprint density at radius 2 is 2.29 bits per heavy atom. The summed E-state index contributed by atoms with van der Waals surface area (Å²) in [4.78, 5) is 25.0. The molecule has 1 heterocycles. The summed E-state index contributed by atoms with van der Waals surface area (Å²) in [7, 11) is 0. The maximum Gasteiger partial charge on any atom is 0.337 e. The Bertz CT molecular complexity index is 550. The molecule has 0 radical (unpaired) electrons. The van der Waals surface area contributed by atoms with Gasteiger partial charge in [0.15, 0.2) is 0 Å². The summed E-state index contributed by atoms with van der Waals surface area (Å²) in [5, 5.41) is 11.9. The van der Waals surface area contributed by atoms with Gasteiger partial charge in [-0.25, -0.2) is 9.59 Å². The summed E-state index contributed by atoms with van der Waals surface area (Å²) < 4.78 is 5.35. The molecule has 1 aromatic carbocycles. The Kier molecular flexibility index (Phi) is 5.03. The van der Waals surface area contributed by atoms with Crippen LogP contribution in [0.15, 0.2) is 18.2 Å². The molecule has 114 valence electrons. The van der Waals surface area contributed by atoms with E-state index in [2.05, 4.69) is 5.32 Å². The number of carboxylic acids is 1. The van der Waals surface area contributed by atoms with Gasteiger partial charge in [-0.2, -0.15) is 0 Å². The highest BCUT2D eigenvalue weighted by Crippen LogP contribution is 2.21. The third kappa shape index (κ3) is 3.65. The van der Waals surface area contributed by atoms with Crippen LogP contribution in [0.1, 0.15) is 23.7 Å². The Balaban J connectivity index is 2.12. The van der Waals surface area contributed by atoms with Gasteiger partial charge in [0, 0.05) is 12.2 Å². The lowest BCUT2D eigenvalue weighted by atomic mass is 10.2. The molecule has 0 saturated carbocycles. The molecule has 2 rings (SSSR count). The zero-order chi connectivity index (χ0) is 15.4. The van der Waals surface area contributed by atoms with E-state index in [4.69, 9.17) is 21.4 Å². The predicted molar refractivity (Wildman–Crippen MR) is 79.0 cm³/mol. The summed E-state index contributed by atoms with van der Waals surface area (Å²) in [6.45, 7) is 3.53. The van der Waals surface area contributed by atoms with Gasteiger partial charge < -0.3 is 20.1 Å². The number of ether oxygens (including phenoxy) is 1. The van der Waals surface area contributed by atoms with Crippen molar-refractivity contribution in [2.75, 3.05) is 25.1 Å². The van der Waals surface area contributed by atoms with E-state index >= 15 is 0 Å². The van der Waals surface area contributed by atoms with E-state index in [0.29, 0.717) is 25.4 Å². The molecule has 2 N–H and O–H groups in total. The topological polar surface area (TPSA) is 78.9 Å². The number of carboxylic acid groups (broad SMARTS) is 1. The summed E-state index contributed by atoms with van der Waals surface area (Å²) in [6.07, 6.45) is 0.800. The number of carbonyl (C=O) groups excluding carboxylic acids is 1. The van der Waals surface area contributed by atoms with Crippen LogP contribution in [-0.4, -0.2) is 47.8 Å². The van der Waals surface area contributed by atoms with Crippen molar-refractivity contribution in [2.24, 2.45) is 0 Å². The minimum Gasteiger partial charge on any atom is -0.478 e. The number of hydrogen-bond donors (Lipinski definition) is 2. The molecular weight excluding hydrogens is 296 g/mol. The van der Waals surface area contributed by atoms with Crippen molar-refractivity contribution in [3.05, 3.63) is 28.8 Å². The molecule has 1 atom stereocenters. The third-order valence-electron chi connectivity index (χ3n) is 3.41. The molecule has 1 aliphatic heterocycles. The Labute approximate surface area is 127 Å². The van der Waals surface area contributed by atoms with Gasteiger partial charge in [-0.1, -0.05) is 18.5 Å². The molecule has 2 amide bonds. The molecule has 0 aromatic heterocycles. The first-order chi connectivity index (χ1) is 10.0. The molecule has 1 aliphatic rings. The summed E-state index contributed by atoms with van der Waals surface area (Å²) in [6, 6.07) is 4.16. The second kappa shape index (κ2) is 6.78. The first-order valence-electron chi connectivity index (χ1n) is 6.71. The number of nitrogens with zero attached hydrogens (tertiary/aromatic N) is 1. The maximum atomic E-state index is 12.3. The average Bonchev–Trinajstić information content (AvgIpc) is 2.48. The summed E-state index contributed by atoms with van der Waals surface area (Å²) in [5.74, 6) is -1.13. The van der Waals surface area contributed by atoms with E-state index < -0.39 is 5.97 Å². The molecule has 1 fully saturated rings. The molecule has 0 spiro atoms. The fourth-order valence-electron chi connectivity index (χ4n) is 2.22. The van der Waals surface area contributed by atoms with Crippen molar-refractivity contribution in [2.45, 2.75) is 19.4 Å². The van der Waals surface area contributed by atoms with Gasteiger partial charge in [-0.05, 0) is 24.6 Å². The molecule has 7 heteroatoms. The number of halogens is 1. The molecule has 6 nitrogen and oxygen atoms in total. The van der Waals surface area contributed by atoms with E-state index in [1.807, 2.05) is 6.92 Å². The molecule has 1 unspecified atom stereocenters. The largest absolute Gasteiger partial charge is 0.478 e. The molecule has 0 bridgehead atoms. The van der Waals surface area contributed by atoms with Crippen molar-refractivity contribution in [1.29, 1.82) is 0 Å². The minimum atomic E-state index is -1.13. The molecule has 0 aliphatic carbocycles. The van der Waals surface area contributed by atoms with E-state index in [1.165, 1.54) is 12.1 Å². The number of carbonyl (C=O) groups is 2. The highest BCUT2D eigenvalue weighted by Gasteiger charge is 2.26. The van der Waals surface area contributed by atoms with Crippen LogP contribution in [0.2, 0.25) is 5.02 Å². The predicted octanol–water partition coefficient (Wildman–Crippen LogP) is 2.68. The standard InChI is InChI=1S/C14H17ClN2O4/c1-2-10-8-21-6-5-17(10)14(20)16-9-3-4-12(15)11(7-9)13(18)19/h3-4,7,10H,2,5-6,8H2,1H3,(H,16,20)(H,18,19). The number of benzene rings is 1. The second-order valence-electron chi connectivity index (χ2n) is 4.76. The first kappa shape index (κ1) is 15.6. The minimum absolute atomic E-state index is 0.0324. The third-order valence-corrected chi connectivity index (χ3v) is 3.74. The lowest BCUT2D eigenvalue weighted by Gasteiger charge is -2.35. The average molecular weight is 313 g/mol. The fraction of sp³-hybridized carbons (Fsp3) is 0.429. The number of urea groups is 1. The number of nitrogens with one attached hydrogen (secondary N) is 1. The lowest BCUT2D eigenvalue weighted by Crippen LogP contribution is -2.50. The van der Waals surface area contributed by atoms with Crippen LogP contribution in [0.5, 0.6) is 0 Å². The summed E-state index contributed by atoms with van der Waals surface area (Å²) in [5.41, 5.74) is 0.367. The van der Waals surface area contributed by atoms with Crippen LogP contribution in [-0.2, 0) is 4.74 Å². The van der Waals surface area contributed by atoms with Crippen LogP contribution in [0.4, 0.5) is 10.5 Å². The fourth-order valence-corrected chi connectivity index (χ4v) is 2.42. The lowest BCUT2D eigenvalue weighted by molar-refractivity contribution is 0.0144. The Morgan fingerprint density at radius 3 is 2.95 bits per heavy atom. The van der Waals surface area contributed by atoms with E-state index in [-0.39, 0.29) is 22.7 Å². The van der Waals surface area contributed by atoms with E-state index in [0.717, 1.165) is 6.42 Å². The summed E-state index contributed by atoms with van der Waals surface area (Å²) >= 11 is 5.80. The van der Waals surface area contributed by atoms with Gasteiger partial charge in [0.2, 0.25) is 0 Å². The van der Waals surface area contributed by atoms with Crippen LogP contribution in [0, 0.1) is 0 Å². The molecule has 1 saturated heterocycles. The van der Waals surface area contributed by atoms with Crippen molar-refractivity contribution < 1.29 is 19.4 Å². The highest BCUT2D eigenvalue weighted by atomic mass is 35.5. The van der Waals surface area contributed by atoms with Crippen LogP contribution in [0.3, 0.4) is 0 Å². The van der Waals surface area contributed by atoms with Gasteiger partial charge in [0.25, 0.3) is 0 Å².